The first-order chi connectivity index (χ1) is 7.61. The second-order valence-corrected chi connectivity index (χ2v) is 3.07. The Morgan fingerprint density at radius 2 is 2.12 bits per heavy atom. The van der Waals surface area contributed by atoms with E-state index in [0.717, 1.165) is 5.56 Å². The van der Waals surface area contributed by atoms with Crippen LogP contribution in [0.25, 0.3) is 0 Å². The van der Waals surface area contributed by atoms with Crippen LogP contribution in [0.15, 0.2) is 48.9 Å². The minimum atomic E-state index is 0.0642. The van der Waals surface area contributed by atoms with Crippen molar-refractivity contribution in [2.75, 3.05) is 7.05 Å². The zero-order valence-electron chi connectivity index (χ0n) is 9.70. The fourth-order valence-electron chi connectivity index (χ4n) is 0.914. The molecule has 0 aliphatic carbocycles. The molecule has 0 atom stereocenters. The average Bonchev–Trinajstić information content (AvgIpc) is 2.28. The van der Waals surface area contributed by atoms with Gasteiger partial charge in [0.2, 0.25) is 0 Å². The fraction of sp³-hybridized carbons (Fsp3) is 0.143. The van der Waals surface area contributed by atoms with Crippen LogP contribution in [0.2, 0.25) is 0 Å². The van der Waals surface area contributed by atoms with Gasteiger partial charge in [-0.1, -0.05) is 30.7 Å². The van der Waals surface area contributed by atoms with Crippen LogP contribution in [0.1, 0.15) is 11.1 Å². The molecule has 0 amide bonds. The van der Waals surface area contributed by atoms with Gasteiger partial charge in [-0.05, 0) is 30.8 Å². The van der Waals surface area contributed by atoms with Gasteiger partial charge in [0.1, 0.15) is 5.76 Å². The van der Waals surface area contributed by atoms with E-state index in [1.54, 1.807) is 13.2 Å². The third kappa shape index (κ3) is 6.33. The van der Waals surface area contributed by atoms with Gasteiger partial charge in [0, 0.05) is 12.6 Å². The highest BCUT2D eigenvalue weighted by Gasteiger charge is 1.87. The minimum absolute atomic E-state index is 0.0642. The molecule has 0 saturated heterocycles. The predicted molar refractivity (Wildman–Crippen MR) is 69.1 cm³/mol. The third-order valence-electron chi connectivity index (χ3n) is 1.74. The molecule has 0 aromatic heterocycles. The van der Waals surface area contributed by atoms with Crippen molar-refractivity contribution in [2.24, 2.45) is 0 Å². The zero-order valence-corrected chi connectivity index (χ0v) is 9.70. The molecular formula is C14H17NO. The number of allylic oxidation sites excluding steroid dienone is 1. The Morgan fingerprint density at radius 1 is 1.50 bits per heavy atom. The van der Waals surface area contributed by atoms with E-state index in [1.807, 2.05) is 31.2 Å². The molecule has 0 heterocycles. The normalized spacial score (nSPS) is 8.81. The Labute approximate surface area is 97.3 Å². The first-order valence-corrected chi connectivity index (χ1v) is 4.85. The van der Waals surface area contributed by atoms with Crippen LogP contribution >= 0.6 is 0 Å². The van der Waals surface area contributed by atoms with E-state index >= 15 is 0 Å². The molecule has 84 valence electrons. The molecule has 0 aliphatic rings. The number of aryl methyl sites for hydroxylation is 1. The van der Waals surface area contributed by atoms with Gasteiger partial charge in [-0.25, -0.2) is 0 Å². The van der Waals surface area contributed by atoms with Crippen molar-refractivity contribution in [1.29, 1.82) is 0 Å². The summed E-state index contributed by atoms with van der Waals surface area (Å²) >= 11 is 0. The highest BCUT2D eigenvalue weighted by molar-refractivity contribution is 5.38. The van der Waals surface area contributed by atoms with Crippen LogP contribution in [0.5, 0.6) is 0 Å². The summed E-state index contributed by atoms with van der Waals surface area (Å²) in [5.74, 6) is 2.66. The van der Waals surface area contributed by atoms with Crippen molar-refractivity contribution < 1.29 is 5.11 Å². The molecule has 2 nitrogen and oxygen atoms in total. The summed E-state index contributed by atoms with van der Waals surface area (Å²) < 4.78 is 0. The molecule has 1 aromatic carbocycles. The number of hydrogen-bond acceptors (Lipinski definition) is 2. The minimum Gasteiger partial charge on any atom is -0.509 e. The van der Waals surface area contributed by atoms with Crippen LogP contribution in [-0.2, 0) is 0 Å². The van der Waals surface area contributed by atoms with Crippen molar-refractivity contribution >= 4 is 0 Å². The van der Waals surface area contributed by atoms with Crippen molar-refractivity contribution in [3.05, 3.63) is 60.0 Å². The van der Waals surface area contributed by atoms with Crippen molar-refractivity contribution in [3.63, 3.8) is 0 Å². The van der Waals surface area contributed by atoms with Crippen molar-refractivity contribution in [2.45, 2.75) is 6.92 Å². The highest BCUT2D eigenvalue weighted by atomic mass is 16.3. The van der Waals surface area contributed by atoms with Crippen LogP contribution in [0.3, 0.4) is 0 Å². The van der Waals surface area contributed by atoms with E-state index in [1.165, 1.54) is 11.6 Å². The van der Waals surface area contributed by atoms with E-state index in [-0.39, 0.29) is 5.76 Å². The topological polar surface area (TPSA) is 32.3 Å². The molecule has 2 heteroatoms. The standard InChI is InChI=1S/C9H8.C5H9NO/c1-3-9-7-5-4-6-8(9)2;1-5(7)3-4-6-2/h1,4-7H,2H3;3-4,6-7H,1H2,2H3/b;4-3+. The number of benzene rings is 1. The summed E-state index contributed by atoms with van der Waals surface area (Å²) in [5.41, 5.74) is 2.15. The van der Waals surface area contributed by atoms with Gasteiger partial charge < -0.3 is 10.4 Å². The maximum Gasteiger partial charge on any atom is 0.109 e. The Balaban J connectivity index is 0.000000293. The molecule has 0 bridgehead atoms. The third-order valence-corrected chi connectivity index (χ3v) is 1.74. The SMILES string of the molecule is C#Cc1ccccc1C.C=C(O)/C=C/NC. The molecular weight excluding hydrogens is 198 g/mol. The van der Waals surface area contributed by atoms with Gasteiger partial charge in [-0.3, -0.25) is 0 Å². The molecule has 0 spiro atoms. The molecule has 16 heavy (non-hydrogen) atoms. The van der Waals surface area contributed by atoms with E-state index < -0.39 is 0 Å². The molecule has 0 fully saturated rings. The summed E-state index contributed by atoms with van der Waals surface area (Å²) in [7, 11) is 1.75. The predicted octanol–water partition coefficient (Wildman–Crippen LogP) is 2.77. The van der Waals surface area contributed by atoms with Crippen LogP contribution in [0.4, 0.5) is 0 Å². The van der Waals surface area contributed by atoms with Crippen molar-refractivity contribution in [3.8, 4) is 12.3 Å². The maximum absolute atomic E-state index is 8.36. The summed E-state index contributed by atoms with van der Waals surface area (Å²) in [6.07, 6.45) is 8.27. The Morgan fingerprint density at radius 3 is 2.44 bits per heavy atom. The second kappa shape index (κ2) is 8.19. The number of hydrogen-bond donors (Lipinski definition) is 2. The second-order valence-electron chi connectivity index (χ2n) is 3.07. The van der Waals surface area contributed by atoms with Gasteiger partial charge in [-0.2, -0.15) is 0 Å². The molecule has 1 aromatic rings. The number of nitrogens with one attached hydrogen (secondary N) is 1. The molecule has 1 rings (SSSR count). The molecule has 2 N–H and O–H groups in total. The Kier molecular flexibility index (Phi) is 7.10. The number of rotatable bonds is 2. The summed E-state index contributed by atoms with van der Waals surface area (Å²) in [6.45, 7) is 5.23. The van der Waals surface area contributed by atoms with E-state index in [4.69, 9.17) is 11.5 Å². The van der Waals surface area contributed by atoms with Gasteiger partial charge in [0.15, 0.2) is 0 Å². The summed E-state index contributed by atoms with van der Waals surface area (Å²) in [6, 6.07) is 7.88. The average molecular weight is 215 g/mol. The van der Waals surface area contributed by atoms with E-state index in [9.17, 15) is 0 Å². The lowest BCUT2D eigenvalue weighted by atomic mass is 10.1. The van der Waals surface area contributed by atoms with E-state index in [0.29, 0.717) is 0 Å². The number of aliphatic hydroxyl groups is 1. The van der Waals surface area contributed by atoms with Crippen LogP contribution < -0.4 is 5.32 Å². The molecule has 0 saturated carbocycles. The molecule has 0 radical (unpaired) electrons. The lowest BCUT2D eigenvalue weighted by Crippen LogP contribution is -1.90. The van der Waals surface area contributed by atoms with E-state index in [2.05, 4.69) is 17.8 Å². The zero-order chi connectivity index (χ0) is 12.4. The van der Waals surface area contributed by atoms with Crippen LogP contribution in [0, 0.1) is 19.3 Å². The molecule has 0 unspecified atom stereocenters. The lowest BCUT2D eigenvalue weighted by Gasteiger charge is -1.92. The van der Waals surface area contributed by atoms with Gasteiger partial charge in [0.05, 0.1) is 0 Å². The number of aliphatic hydroxyl groups excluding tert-OH is 1. The highest BCUT2D eigenvalue weighted by Crippen LogP contribution is 2.03. The first-order valence-electron chi connectivity index (χ1n) is 4.85. The quantitative estimate of drug-likeness (QED) is 0.451. The largest absolute Gasteiger partial charge is 0.509 e. The van der Waals surface area contributed by atoms with Gasteiger partial charge in [0.25, 0.3) is 0 Å². The summed E-state index contributed by atoms with van der Waals surface area (Å²) in [4.78, 5) is 0. The first kappa shape index (κ1) is 13.9. The van der Waals surface area contributed by atoms with Crippen molar-refractivity contribution in [1.82, 2.24) is 5.32 Å². The smallest absolute Gasteiger partial charge is 0.109 e. The number of terminal acetylenes is 1. The van der Waals surface area contributed by atoms with Crippen LogP contribution in [-0.4, -0.2) is 12.2 Å². The Bertz CT molecular complexity index is 399. The molecule has 0 aliphatic heterocycles. The fourth-order valence-corrected chi connectivity index (χ4v) is 0.914. The Hall–Kier alpha value is -2.14. The maximum atomic E-state index is 8.36. The van der Waals surface area contributed by atoms with Gasteiger partial charge >= 0.3 is 0 Å². The lowest BCUT2D eigenvalue weighted by molar-refractivity contribution is 0.435. The summed E-state index contributed by atoms with van der Waals surface area (Å²) in [5, 5.41) is 11.1. The van der Waals surface area contributed by atoms with Gasteiger partial charge in [-0.15, -0.1) is 6.42 Å². The monoisotopic (exact) mass is 215 g/mol.